The van der Waals surface area contributed by atoms with Crippen molar-refractivity contribution in [1.29, 1.82) is 0 Å². The van der Waals surface area contributed by atoms with Crippen molar-refractivity contribution in [2.24, 2.45) is 5.92 Å². The molecule has 4 heteroatoms. The molecule has 0 aromatic carbocycles. The van der Waals surface area contributed by atoms with Crippen LogP contribution in [0.2, 0.25) is 0 Å². The fourth-order valence-electron chi connectivity index (χ4n) is 0.930. The summed E-state index contributed by atoms with van der Waals surface area (Å²) in [4.78, 5) is 22.4. The summed E-state index contributed by atoms with van der Waals surface area (Å²) in [5, 5.41) is 0. The average molecular weight is 305 g/mol. The van der Waals surface area contributed by atoms with Crippen LogP contribution < -0.4 is 0 Å². The average Bonchev–Trinajstić information content (AvgIpc) is 2.01. The zero-order valence-corrected chi connectivity index (χ0v) is 12.9. The van der Waals surface area contributed by atoms with Crippen LogP contribution in [0.15, 0.2) is 0 Å². The van der Waals surface area contributed by atoms with E-state index in [0.29, 0.717) is 6.42 Å². The molecule has 0 aliphatic heterocycles. The Bertz CT molecular complexity index is 191. The molecule has 2 unspecified atom stereocenters. The summed E-state index contributed by atoms with van der Waals surface area (Å²) in [5.41, 5.74) is 0. The van der Waals surface area contributed by atoms with Crippen molar-refractivity contribution in [2.45, 2.75) is 40.2 Å². The Hall–Kier alpha value is 0.404. The molecule has 0 saturated carbocycles. The number of hydrogen-bond donors (Lipinski definition) is 0. The predicted octanol–water partition coefficient (Wildman–Crippen LogP) is 2.49. The minimum absolute atomic E-state index is 0. The van der Waals surface area contributed by atoms with Gasteiger partial charge in [0, 0.05) is 39.8 Å². The topological polar surface area (TPSA) is 43.4 Å². The van der Waals surface area contributed by atoms with Gasteiger partial charge in [0.2, 0.25) is 0 Å². The third-order valence-corrected chi connectivity index (χ3v) is 1.75. The first-order chi connectivity index (χ1) is 5.97. The van der Waals surface area contributed by atoms with Gasteiger partial charge in [-0.2, -0.15) is 5.92 Å². The maximum absolute atomic E-state index is 11.2. The van der Waals surface area contributed by atoms with Gasteiger partial charge >= 0.3 is 0 Å². The summed E-state index contributed by atoms with van der Waals surface area (Å²) in [5.74, 6) is -0.150. The summed E-state index contributed by atoms with van der Waals surface area (Å²) in [6, 6.07) is 0. The Kier molecular flexibility index (Phi) is 21.3. The van der Waals surface area contributed by atoms with Crippen molar-refractivity contribution in [3.8, 4) is 0 Å². The molecule has 2 atom stereocenters. The maximum Gasteiger partial charge on any atom is 0.168 e. The fourth-order valence-corrected chi connectivity index (χ4v) is 0.930. The molecule has 0 amide bonds. The first-order valence-corrected chi connectivity index (χ1v) is 4.37. The predicted molar refractivity (Wildman–Crippen MR) is 63.4 cm³/mol. The van der Waals surface area contributed by atoms with Crippen molar-refractivity contribution in [3.63, 3.8) is 0 Å². The summed E-state index contributed by atoms with van der Waals surface area (Å²) < 4.78 is 4.80. The summed E-state index contributed by atoms with van der Waals surface area (Å²) >= 11 is 0. The molecule has 0 rings (SSSR count). The van der Waals surface area contributed by atoms with Crippen LogP contribution in [0.3, 0.4) is 0 Å². The maximum atomic E-state index is 11.2. The number of rotatable bonds is 6. The molecular formula is C12H24O3Y-2. The minimum Gasteiger partial charge on any atom is -0.374 e. The second-order valence-corrected chi connectivity index (χ2v) is 3.37. The Balaban J connectivity index is -0.000000240. The standard InChI is InChI=1S/C10H17O3.CH4.CH3.Y/c1-7(2)5-9(11)6-10(12)8(3)13-4;;;/h7-8H,1,5-6H2,2-4H3;1H4;1H3;/q-1;;-1;. The number of ether oxygens (including phenoxy) is 1. The van der Waals surface area contributed by atoms with Gasteiger partial charge < -0.3 is 19.1 Å². The van der Waals surface area contributed by atoms with E-state index in [-0.39, 0.29) is 71.5 Å². The molecule has 0 aliphatic carbocycles. The Morgan fingerprint density at radius 3 is 2.06 bits per heavy atom. The van der Waals surface area contributed by atoms with E-state index < -0.39 is 6.10 Å². The van der Waals surface area contributed by atoms with Gasteiger partial charge in [-0.25, -0.2) is 0 Å². The SMILES string of the molecule is C.[CH2-]C(C)CC(=O)CC(=O)C(C)OC.[CH3-].[Y]. The number of ketones is 2. The normalized spacial score (nSPS) is 12.2. The van der Waals surface area contributed by atoms with Gasteiger partial charge in [0.05, 0.1) is 6.42 Å². The van der Waals surface area contributed by atoms with E-state index in [1.165, 1.54) is 7.11 Å². The van der Waals surface area contributed by atoms with Gasteiger partial charge in [-0.1, -0.05) is 14.4 Å². The first-order valence-electron chi connectivity index (χ1n) is 4.37. The van der Waals surface area contributed by atoms with Gasteiger partial charge in [-0.05, 0) is 13.3 Å². The van der Waals surface area contributed by atoms with Crippen LogP contribution in [0.1, 0.15) is 34.1 Å². The van der Waals surface area contributed by atoms with Gasteiger partial charge in [-0.3, -0.25) is 9.59 Å². The van der Waals surface area contributed by atoms with Crippen molar-refractivity contribution in [2.75, 3.05) is 7.11 Å². The van der Waals surface area contributed by atoms with Gasteiger partial charge in [0.25, 0.3) is 0 Å². The van der Waals surface area contributed by atoms with Crippen molar-refractivity contribution < 1.29 is 47.0 Å². The van der Waals surface area contributed by atoms with E-state index in [2.05, 4.69) is 6.92 Å². The molecule has 0 spiro atoms. The molecule has 0 heterocycles. The molecule has 1 radical (unpaired) electrons. The van der Waals surface area contributed by atoms with Crippen LogP contribution in [0.5, 0.6) is 0 Å². The number of hydrogen-bond acceptors (Lipinski definition) is 3. The summed E-state index contributed by atoms with van der Waals surface area (Å²) in [6.07, 6.45) is -0.152. The zero-order chi connectivity index (χ0) is 10.4. The Labute approximate surface area is 126 Å². The third kappa shape index (κ3) is 12.5. The van der Waals surface area contributed by atoms with Crippen LogP contribution >= 0.6 is 0 Å². The monoisotopic (exact) mass is 305 g/mol. The quantitative estimate of drug-likeness (QED) is 0.559. The van der Waals surface area contributed by atoms with Crippen LogP contribution in [0.25, 0.3) is 0 Å². The second-order valence-electron chi connectivity index (χ2n) is 3.37. The number of carbonyl (C=O) groups excluding carboxylic acids is 2. The third-order valence-electron chi connectivity index (χ3n) is 1.75. The van der Waals surface area contributed by atoms with Crippen molar-refractivity contribution in [1.82, 2.24) is 0 Å². The molecule has 0 aliphatic rings. The number of carbonyl (C=O) groups is 2. The van der Waals surface area contributed by atoms with E-state index in [4.69, 9.17) is 4.74 Å². The minimum atomic E-state index is -0.482. The number of methoxy groups -OCH3 is 1. The van der Waals surface area contributed by atoms with Gasteiger partial charge in [0.15, 0.2) is 5.78 Å². The van der Waals surface area contributed by atoms with E-state index in [1.807, 2.05) is 6.92 Å². The van der Waals surface area contributed by atoms with Crippen LogP contribution in [0.4, 0.5) is 0 Å². The Morgan fingerprint density at radius 1 is 1.31 bits per heavy atom. The molecule has 0 fully saturated rings. The molecule has 0 aromatic rings. The van der Waals surface area contributed by atoms with E-state index in [9.17, 15) is 9.59 Å². The molecule has 3 nitrogen and oxygen atoms in total. The largest absolute Gasteiger partial charge is 0.374 e. The van der Waals surface area contributed by atoms with Gasteiger partial charge in [0.1, 0.15) is 11.9 Å². The number of Topliss-reactive ketones (excluding diaryl/α,β-unsaturated/α-hetero) is 2. The first kappa shape index (κ1) is 25.3. The van der Waals surface area contributed by atoms with E-state index in [0.717, 1.165) is 0 Å². The van der Waals surface area contributed by atoms with Crippen molar-refractivity contribution in [3.05, 3.63) is 14.4 Å². The van der Waals surface area contributed by atoms with Crippen LogP contribution in [-0.2, 0) is 47.0 Å². The second kappa shape index (κ2) is 13.5. The molecule has 95 valence electrons. The molecule has 0 aromatic heterocycles. The van der Waals surface area contributed by atoms with E-state index >= 15 is 0 Å². The molecule has 0 bridgehead atoms. The smallest absolute Gasteiger partial charge is 0.168 e. The summed E-state index contributed by atoms with van der Waals surface area (Å²) in [6.45, 7) is 7.18. The van der Waals surface area contributed by atoms with Crippen LogP contribution in [-0.4, -0.2) is 24.8 Å². The summed E-state index contributed by atoms with van der Waals surface area (Å²) in [7, 11) is 1.46. The zero-order valence-electron chi connectivity index (χ0n) is 10.1. The molecule has 0 N–H and O–H groups in total. The van der Waals surface area contributed by atoms with E-state index in [1.54, 1.807) is 6.92 Å². The van der Waals surface area contributed by atoms with Crippen molar-refractivity contribution >= 4 is 11.6 Å². The molecular weight excluding hydrogens is 281 g/mol. The Morgan fingerprint density at radius 2 is 1.75 bits per heavy atom. The van der Waals surface area contributed by atoms with Crippen LogP contribution in [0, 0.1) is 20.3 Å². The molecule has 16 heavy (non-hydrogen) atoms. The fraction of sp³-hybridized carbons (Fsp3) is 0.667. The van der Waals surface area contributed by atoms with Gasteiger partial charge in [-0.15, -0.1) is 0 Å². The molecule has 0 saturated heterocycles.